The quantitative estimate of drug-likeness (QED) is 0.115. The fourth-order valence-corrected chi connectivity index (χ4v) is 4.42. The van der Waals surface area contributed by atoms with E-state index in [1.165, 1.54) is 13.2 Å². The van der Waals surface area contributed by atoms with Crippen LogP contribution in [0, 0.1) is 0 Å². The van der Waals surface area contributed by atoms with Crippen molar-refractivity contribution in [2.24, 2.45) is 10.9 Å². The normalized spacial score (nSPS) is 11.7. The molecule has 0 unspecified atom stereocenters. The lowest BCUT2D eigenvalue weighted by atomic mass is 10.1. The Hall–Kier alpha value is -3.47. The van der Waals surface area contributed by atoms with Crippen LogP contribution in [0.1, 0.15) is 62.9 Å². The number of ether oxygens (including phenoxy) is 3. The highest BCUT2D eigenvalue weighted by atomic mass is 32.2. The molecule has 38 heavy (non-hydrogen) atoms. The van der Waals surface area contributed by atoms with Gasteiger partial charge in [-0.1, -0.05) is 0 Å². The molecule has 0 heterocycles. The number of hydrogen-bond acceptors (Lipinski definition) is 9. The summed E-state index contributed by atoms with van der Waals surface area (Å²) in [7, 11) is -2.57. The van der Waals surface area contributed by atoms with E-state index in [0.29, 0.717) is 19.0 Å². The van der Waals surface area contributed by atoms with Crippen LogP contribution in [0.5, 0.6) is 23.0 Å². The van der Waals surface area contributed by atoms with Gasteiger partial charge in [0.25, 0.3) is 5.91 Å². The van der Waals surface area contributed by atoms with Crippen LogP contribution < -0.4 is 24.2 Å². The van der Waals surface area contributed by atoms with Crippen LogP contribution in [-0.2, 0) is 10.1 Å². The van der Waals surface area contributed by atoms with Gasteiger partial charge < -0.3 is 29.1 Å². The van der Waals surface area contributed by atoms with Gasteiger partial charge in [-0.25, -0.2) is 0 Å². The van der Waals surface area contributed by atoms with Crippen molar-refractivity contribution in [3.8, 4) is 23.0 Å². The van der Waals surface area contributed by atoms with Gasteiger partial charge in [0.1, 0.15) is 5.75 Å². The summed E-state index contributed by atoms with van der Waals surface area (Å²) in [5.41, 5.74) is 0.981. The molecule has 2 aromatic rings. The van der Waals surface area contributed by atoms with Crippen molar-refractivity contribution in [3.63, 3.8) is 0 Å². The van der Waals surface area contributed by atoms with Crippen molar-refractivity contribution < 1.29 is 31.6 Å². The number of methoxy groups -OCH3 is 1. The first-order chi connectivity index (χ1) is 18.0. The fourth-order valence-electron chi connectivity index (χ4n) is 3.95. The minimum atomic E-state index is -3.94. The number of nitrogens with zero attached hydrogens (tertiary/aromatic N) is 2. The lowest BCUT2D eigenvalue weighted by molar-refractivity contribution is 0.0641. The van der Waals surface area contributed by atoms with E-state index in [-0.39, 0.29) is 35.1 Å². The molecule has 0 atom stereocenters. The molecule has 2 N–H and O–H groups in total. The molecule has 2 rings (SSSR count). The van der Waals surface area contributed by atoms with Crippen molar-refractivity contribution >= 4 is 22.2 Å². The molecule has 11 heteroatoms. The average molecular weight is 550 g/mol. The van der Waals surface area contributed by atoms with Crippen molar-refractivity contribution in [1.29, 1.82) is 0 Å². The maximum absolute atomic E-state index is 13.4. The Morgan fingerprint density at radius 1 is 0.947 bits per heavy atom. The minimum absolute atomic E-state index is 0.0557. The summed E-state index contributed by atoms with van der Waals surface area (Å²) >= 11 is 0. The molecular weight excluding hydrogens is 510 g/mol. The molecular formula is C27H39N3O7S. The molecule has 0 saturated heterocycles. The molecule has 0 radical (unpaired) electrons. The van der Waals surface area contributed by atoms with Crippen molar-refractivity contribution in [2.75, 3.05) is 26.6 Å². The van der Waals surface area contributed by atoms with E-state index in [1.54, 1.807) is 17.2 Å². The van der Waals surface area contributed by atoms with Gasteiger partial charge >= 0.3 is 10.1 Å². The second-order valence-corrected chi connectivity index (χ2v) is 10.8. The zero-order chi connectivity index (χ0) is 28.3. The summed E-state index contributed by atoms with van der Waals surface area (Å²) in [6, 6.07) is 10.4. The predicted molar refractivity (Wildman–Crippen MR) is 148 cm³/mol. The number of amides is 1. The molecule has 0 aromatic heterocycles. The van der Waals surface area contributed by atoms with E-state index in [2.05, 4.69) is 5.10 Å². The zero-order valence-corrected chi connectivity index (χ0v) is 23.8. The number of carbonyl (C=O) groups excluding carboxylic acids is 1. The van der Waals surface area contributed by atoms with E-state index in [9.17, 15) is 13.2 Å². The van der Waals surface area contributed by atoms with E-state index < -0.39 is 10.1 Å². The molecule has 2 aromatic carbocycles. The Bertz CT molecular complexity index is 1170. The Balaban J connectivity index is 2.04. The van der Waals surface area contributed by atoms with Gasteiger partial charge in [0.05, 0.1) is 38.4 Å². The van der Waals surface area contributed by atoms with Crippen molar-refractivity contribution in [3.05, 3.63) is 47.5 Å². The van der Waals surface area contributed by atoms with Crippen LogP contribution in [0.3, 0.4) is 0 Å². The molecule has 0 aliphatic heterocycles. The minimum Gasteiger partial charge on any atom is -0.494 e. The highest BCUT2D eigenvalue weighted by Gasteiger charge is 2.29. The van der Waals surface area contributed by atoms with Gasteiger partial charge in [-0.3, -0.25) is 4.79 Å². The van der Waals surface area contributed by atoms with Gasteiger partial charge in [0.2, 0.25) is 11.5 Å². The summed E-state index contributed by atoms with van der Waals surface area (Å²) in [6.07, 6.45) is 4.88. The first kappa shape index (κ1) is 30.8. The number of hydrazone groups is 1. The van der Waals surface area contributed by atoms with E-state index >= 15 is 0 Å². The summed E-state index contributed by atoms with van der Waals surface area (Å²) < 4.78 is 46.4. The van der Waals surface area contributed by atoms with Gasteiger partial charge in [0, 0.05) is 12.1 Å². The number of hydrogen-bond donors (Lipinski definition) is 1. The summed E-state index contributed by atoms with van der Waals surface area (Å²) in [6.45, 7) is 8.48. The van der Waals surface area contributed by atoms with Crippen LogP contribution in [0.2, 0.25) is 0 Å². The van der Waals surface area contributed by atoms with Gasteiger partial charge in [-0.05, 0) is 88.9 Å². The van der Waals surface area contributed by atoms with E-state index in [4.69, 9.17) is 24.2 Å². The van der Waals surface area contributed by atoms with E-state index in [1.807, 2.05) is 52.0 Å². The van der Waals surface area contributed by atoms with Crippen LogP contribution >= 0.6 is 0 Å². The third-order valence-electron chi connectivity index (χ3n) is 5.51. The second kappa shape index (κ2) is 14.5. The summed E-state index contributed by atoms with van der Waals surface area (Å²) in [5, 5.41) is 3.49. The molecule has 0 spiro atoms. The molecule has 0 saturated carbocycles. The Labute approximate surface area is 225 Å². The van der Waals surface area contributed by atoms with Crippen LogP contribution in [-0.4, -0.2) is 64.1 Å². The van der Waals surface area contributed by atoms with Crippen LogP contribution in [0.25, 0.3) is 0 Å². The van der Waals surface area contributed by atoms with E-state index in [0.717, 1.165) is 36.8 Å². The number of carbonyl (C=O) groups is 1. The monoisotopic (exact) mass is 549 g/mol. The molecule has 0 fully saturated rings. The maximum Gasteiger partial charge on any atom is 0.306 e. The van der Waals surface area contributed by atoms with Gasteiger partial charge in [0.15, 0.2) is 5.75 Å². The molecule has 0 bridgehead atoms. The zero-order valence-electron chi connectivity index (χ0n) is 23.0. The summed E-state index contributed by atoms with van der Waals surface area (Å²) in [5.74, 6) is 5.72. The van der Waals surface area contributed by atoms with Crippen LogP contribution in [0.15, 0.2) is 41.5 Å². The van der Waals surface area contributed by atoms with Crippen molar-refractivity contribution in [1.82, 2.24) is 4.90 Å². The second-order valence-electron chi connectivity index (χ2n) is 9.27. The lowest BCUT2D eigenvalue weighted by Crippen LogP contribution is -2.42. The number of unbranched alkanes of at least 4 members (excludes halogenated alkanes) is 2. The van der Waals surface area contributed by atoms with Crippen molar-refractivity contribution in [2.45, 2.75) is 59.0 Å². The lowest BCUT2D eigenvalue weighted by Gasteiger charge is -2.31. The molecule has 0 aliphatic carbocycles. The standard InChI is InChI=1S/C27H39N3O7S/c1-19(2)30(20(3)4)27(31)23-14-15-24(26(34-5)25(23)37-38(6,32)33)36-17-9-7-8-16-35-22-12-10-21(11-13-22)18-29-28/h10-15,18-20H,7-9,16-17,28H2,1-6H3/b29-18+. The van der Waals surface area contributed by atoms with Gasteiger partial charge in [-0.2, -0.15) is 13.5 Å². The largest absolute Gasteiger partial charge is 0.494 e. The number of benzene rings is 2. The predicted octanol–water partition coefficient (Wildman–Crippen LogP) is 4.21. The average Bonchev–Trinajstić information content (AvgIpc) is 2.83. The highest BCUT2D eigenvalue weighted by molar-refractivity contribution is 7.86. The first-order valence-electron chi connectivity index (χ1n) is 12.5. The molecule has 0 aliphatic rings. The Morgan fingerprint density at radius 3 is 2.08 bits per heavy atom. The molecule has 210 valence electrons. The first-order valence-corrected chi connectivity index (χ1v) is 14.3. The Kier molecular flexibility index (Phi) is 11.7. The third-order valence-corrected chi connectivity index (χ3v) is 5.98. The number of nitrogens with two attached hydrogens (primary N) is 1. The topological polar surface area (TPSA) is 130 Å². The maximum atomic E-state index is 13.4. The van der Waals surface area contributed by atoms with Gasteiger partial charge in [-0.15, -0.1) is 0 Å². The molecule has 10 nitrogen and oxygen atoms in total. The molecule has 1 amide bonds. The Morgan fingerprint density at radius 2 is 1.55 bits per heavy atom. The fraction of sp³-hybridized carbons (Fsp3) is 0.481. The van der Waals surface area contributed by atoms with Crippen LogP contribution in [0.4, 0.5) is 0 Å². The highest BCUT2D eigenvalue weighted by Crippen LogP contribution is 2.41. The smallest absolute Gasteiger partial charge is 0.306 e. The third kappa shape index (κ3) is 9.13. The summed E-state index contributed by atoms with van der Waals surface area (Å²) in [4.78, 5) is 15.0. The SMILES string of the molecule is COc1c(OCCCCCOc2ccc(/C=N/N)cc2)ccc(C(=O)N(C(C)C)C(C)C)c1OS(C)(=O)=O. The number of rotatable bonds is 15.